The van der Waals surface area contributed by atoms with E-state index in [1.165, 1.54) is 77.1 Å². The minimum Gasteiger partial charge on any atom is -0.310 e. The highest BCUT2D eigenvalue weighted by molar-refractivity contribution is 6.25. The van der Waals surface area contributed by atoms with Gasteiger partial charge in [-0.15, -0.1) is 0 Å². The third kappa shape index (κ3) is 5.36. The molecule has 0 atom stereocenters. The van der Waals surface area contributed by atoms with Crippen molar-refractivity contribution >= 4 is 49.6 Å². The average molecular weight is 777 g/mol. The minimum absolute atomic E-state index is 0.472. The van der Waals surface area contributed by atoms with Crippen LogP contribution >= 0.6 is 0 Å². The summed E-state index contributed by atoms with van der Waals surface area (Å²) in [5.74, 6) is 0. The normalized spacial score (nSPS) is 12.7. The molecule has 286 valence electrons. The molecule has 0 unspecified atom stereocenters. The molecule has 0 saturated carbocycles. The van der Waals surface area contributed by atoms with Gasteiger partial charge in [0.2, 0.25) is 0 Å². The van der Waals surface area contributed by atoms with Crippen molar-refractivity contribution in [2.75, 3.05) is 4.90 Å². The second kappa shape index (κ2) is 14.1. The summed E-state index contributed by atoms with van der Waals surface area (Å²) >= 11 is 0. The van der Waals surface area contributed by atoms with Crippen LogP contribution in [0.25, 0.3) is 60.5 Å². The first kappa shape index (κ1) is 35.0. The van der Waals surface area contributed by atoms with Crippen molar-refractivity contribution in [2.24, 2.45) is 0 Å². The lowest BCUT2D eigenvalue weighted by molar-refractivity contribution is 0.768. The largest absolute Gasteiger partial charge is 0.310 e. The molecule has 2 nitrogen and oxygen atoms in total. The standard InChI is InChI=1S/C59H40N2/c1-5-19-41(20-6-1)42-33-38-52-55(39-42)61(47-26-11-4-12-27-47)58-49-28-14-13-21-43(49)40-56(57(52)58)60(46-24-9-3-10-25-46)48-36-34-45(35-37-48)59(44-22-7-2-8-23-44)53-31-17-15-29-50(53)51-30-16-18-32-54(51)59/h1-40H. The number of aromatic nitrogens is 1. The summed E-state index contributed by atoms with van der Waals surface area (Å²) < 4.78 is 2.48. The Hall–Kier alpha value is -7.94. The first-order chi connectivity index (χ1) is 30.3. The number of hydrogen-bond acceptors (Lipinski definition) is 1. The zero-order valence-electron chi connectivity index (χ0n) is 33.5. The van der Waals surface area contributed by atoms with E-state index in [4.69, 9.17) is 0 Å². The van der Waals surface area contributed by atoms with Gasteiger partial charge in [0.25, 0.3) is 0 Å². The first-order valence-electron chi connectivity index (χ1n) is 21.1. The van der Waals surface area contributed by atoms with Gasteiger partial charge in [0.05, 0.1) is 22.1 Å². The van der Waals surface area contributed by atoms with Crippen molar-refractivity contribution < 1.29 is 0 Å². The molecule has 1 aliphatic rings. The smallest absolute Gasteiger partial charge is 0.0713 e. The first-order valence-corrected chi connectivity index (χ1v) is 21.1. The fraction of sp³-hybridized carbons (Fsp3) is 0.0169. The van der Waals surface area contributed by atoms with E-state index in [1.54, 1.807) is 0 Å². The van der Waals surface area contributed by atoms with E-state index in [0.717, 1.165) is 22.7 Å². The zero-order valence-corrected chi connectivity index (χ0v) is 33.5. The molecule has 0 spiro atoms. The third-order valence-corrected chi connectivity index (χ3v) is 12.8. The molecule has 2 heteroatoms. The maximum Gasteiger partial charge on any atom is 0.0713 e. The molecule has 61 heavy (non-hydrogen) atoms. The summed E-state index contributed by atoms with van der Waals surface area (Å²) in [6, 6.07) is 89.0. The molecule has 0 aliphatic heterocycles. The number of nitrogens with zero attached hydrogens (tertiary/aromatic N) is 2. The van der Waals surface area contributed by atoms with E-state index < -0.39 is 5.41 Å². The second-order valence-corrected chi connectivity index (χ2v) is 16.0. The molecule has 10 aromatic carbocycles. The molecule has 0 saturated heterocycles. The minimum atomic E-state index is -0.472. The van der Waals surface area contributed by atoms with Crippen LogP contribution in [0, 0.1) is 0 Å². The van der Waals surface area contributed by atoms with Crippen molar-refractivity contribution in [2.45, 2.75) is 5.41 Å². The summed E-state index contributed by atoms with van der Waals surface area (Å²) in [6.45, 7) is 0. The molecule has 12 rings (SSSR count). The van der Waals surface area contributed by atoms with Crippen LogP contribution in [-0.2, 0) is 5.41 Å². The van der Waals surface area contributed by atoms with Gasteiger partial charge in [0, 0.05) is 33.2 Å². The maximum absolute atomic E-state index is 2.48. The second-order valence-electron chi connectivity index (χ2n) is 16.0. The van der Waals surface area contributed by atoms with E-state index in [1.807, 2.05) is 0 Å². The van der Waals surface area contributed by atoms with Gasteiger partial charge in [-0.05, 0) is 98.4 Å². The van der Waals surface area contributed by atoms with E-state index in [0.29, 0.717) is 0 Å². The van der Waals surface area contributed by atoms with Crippen LogP contribution in [0.2, 0.25) is 0 Å². The summed E-state index contributed by atoms with van der Waals surface area (Å²) in [6.07, 6.45) is 0. The summed E-state index contributed by atoms with van der Waals surface area (Å²) in [5.41, 5.74) is 16.5. The quantitative estimate of drug-likeness (QED) is 0.156. The van der Waals surface area contributed by atoms with Gasteiger partial charge in [-0.25, -0.2) is 0 Å². The highest BCUT2D eigenvalue weighted by Crippen LogP contribution is 2.56. The van der Waals surface area contributed by atoms with Crippen molar-refractivity contribution in [3.8, 4) is 27.9 Å². The molecule has 11 aromatic rings. The monoisotopic (exact) mass is 776 g/mol. The number of rotatable bonds is 7. The number of hydrogen-bond donors (Lipinski definition) is 0. The highest BCUT2D eigenvalue weighted by Gasteiger charge is 2.45. The summed E-state index contributed by atoms with van der Waals surface area (Å²) in [7, 11) is 0. The van der Waals surface area contributed by atoms with Gasteiger partial charge in [-0.3, -0.25) is 0 Å². The maximum atomic E-state index is 2.48. The predicted octanol–water partition coefficient (Wildman–Crippen LogP) is 15.4. The van der Waals surface area contributed by atoms with Gasteiger partial charge in [0.15, 0.2) is 0 Å². The molecular weight excluding hydrogens is 737 g/mol. The highest BCUT2D eigenvalue weighted by atomic mass is 15.1. The Morgan fingerprint density at radius 3 is 1.61 bits per heavy atom. The summed E-state index contributed by atoms with van der Waals surface area (Å²) in [5, 5.41) is 4.82. The van der Waals surface area contributed by atoms with Crippen LogP contribution in [-0.4, -0.2) is 4.57 Å². The Bertz CT molecular complexity index is 3340. The van der Waals surface area contributed by atoms with Gasteiger partial charge in [0.1, 0.15) is 0 Å². The molecule has 0 fully saturated rings. The van der Waals surface area contributed by atoms with E-state index in [9.17, 15) is 0 Å². The molecule has 0 amide bonds. The van der Waals surface area contributed by atoms with Crippen LogP contribution in [0.1, 0.15) is 22.3 Å². The molecular formula is C59H40N2. The molecule has 1 aromatic heterocycles. The Kier molecular flexibility index (Phi) is 8.11. The van der Waals surface area contributed by atoms with Crippen LogP contribution in [0.4, 0.5) is 17.1 Å². The van der Waals surface area contributed by atoms with E-state index in [-0.39, 0.29) is 0 Å². The van der Waals surface area contributed by atoms with Crippen molar-refractivity contribution in [3.05, 3.63) is 265 Å². The molecule has 1 heterocycles. The van der Waals surface area contributed by atoms with Crippen LogP contribution in [0.5, 0.6) is 0 Å². The Labute approximate surface area is 355 Å². The average Bonchev–Trinajstić information content (AvgIpc) is 3.85. The van der Waals surface area contributed by atoms with E-state index >= 15 is 0 Å². The predicted molar refractivity (Wildman–Crippen MR) is 256 cm³/mol. The molecule has 1 aliphatic carbocycles. The topological polar surface area (TPSA) is 8.17 Å². The Balaban J connectivity index is 1.14. The Morgan fingerprint density at radius 2 is 0.918 bits per heavy atom. The lowest BCUT2D eigenvalue weighted by Gasteiger charge is -2.34. The Morgan fingerprint density at radius 1 is 0.377 bits per heavy atom. The van der Waals surface area contributed by atoms with Crippen molar-refractivity contribution in [1.82, 2.24) is 4.57 Å². The fourth-order valence-electron chi connectivity index (χ4n) is 10.3. The number of benzene rings is 10. The van der Waals surface area contributed by atoms with Gasteiger partial charge in [-0.1, -0.05) is 194 Å². The van der Waals surface area contributed by atoms with Gasteiger partial charge >= 0.3 is 0 Å². The van der Waals surface area contributed by atoms with Crippen molar-refractivity contribution in [3.63, 3.8) is 0 Å². The van der Waals surface area contributed by atoms with Crippen LogP contribution in [0.3, 0.4) is 0 Å². The number of anilines is 3. The lowest BCUT2D eigenvalue weighted by Crippen LogP contribution is -2.28. The van der Waals surface area contributed by atoms with Crippen LogP contribution < -0.4 is 4.90 Å². The fourth-order valence-corrected chi connectivity index (χ4v) is 10.3. The van der Waals surface area contributed by atoms with Gasteiger partial charge in [-0.2, -0.15) is 0 Å². The van der Waals surface area contributed by atoms with Gasteiger partial charge < -0.3 is 9.47 Å². The number of fused-ring (bicyclic) bond motifs is 8. The molecule has 0 bridgehead atoms. The number of para-hydroxylation sites is 2. The zero-order chi connectivity index (χ0) is 40.3. The van der Waals surface area contributed by atoms with Crippen LogP contribution in [0.15, 0.2) is 243 Å². The molecule has 0 N–H and O–H groups in total. The SMILES string of the molecule is c1ccc(-c2ccc3c4c(N(c5ccccc5)c5ccc(C6(c7ccccc7)c7ccccc7-c7ccccc76)cc5)cc5ccccc5c4n(-c4ccccc4)c3c2)cc1. The lowest BCUT2D eigenvalue weighted by atomic mass is 9.68. The van der Waals surface area contributed by atoms with E-state index in [2.05, 4.69) is 252 Å². The molecule has 0 radical (unpaired) electrons. The van der Waals surface area contributed by atoms with Crippen molar-refractivity contribution in [1.29, 1.82) is 0 Å². The summed E-state index contributed by atoms with van der Waals surface area (Å²) in [4.78, 5) is 2.46. The third-order valence-electron chi connectivity index (χ3n) is 12.8.